The highest BCUT2D eigenvalue weighted by Crippen LogP contribution is 2.36. The van der Waals surface area contributed by atoms with Gasteiger partial charge in [0.1, 0.15) is 62.9 Å². The summed E-state index contributed by atoms with van der Waals surface area (Å²) in [5.41, 5.74) is 8.82. The fourth-order valence-corrected chi connectivity index (χ4v) is 14.3. The number of hydrogen-bond donors (Lipinski definition) is 2. The maximum atomic E-state index is 13.6. The fraction of sp³-hybridized carbons (Fsp3) is 0.133. The summed E-state index contributed by atoms with van der Waals surface area (Å²) >= 11 is 11.9. The van der Waals surface area contributed by atoms with E-state index in [1.165, 1.54) is 83.3 Å². The van der Waals surface area contributed by atoms with Gasteiger partial charge >= 0.3 is 5.97 Å². The number of aryl methyl sites for hydroxylation is 4. The molecule has 4 aromatic heterocycles. The van der Waals surface area contributed by atoms with Gasteiger partial charge in [0.15, 0.2) is 0 Å². The highest BCUT2D eigenvalue weighted by atomic mass is 35.5. The number of nitrogens with zero attached hydrogens (tertiary/aromatic N) is 6. The zero-order chi connectivity index (χ0) is 67.7. The standard InChI is InChI=1S/C21H18N2O3S.C18H12ClFN2S.C18H13FN2OS.C18H13FN2S/c1-3-26-21(25)14-8-9-16-17(10-14)20(23-19(24)18(16)11-22)27-12-15-7-5-4-6-13(15)2;1-11-17(9-21)15-7-6-14(20)8-16(15)18(22-11)23-10-12-2-4-13(19)5-3-12;1-11-4-2-3-5-12(11)10-23-18-15-8-13(19)6-7-14(15)16(9-20)17(22)21-18;1-12-17(10-20)15-8-7-14(19)9-16(15)18(21-12)22-11-13-5-3-2-4-6-13/h4-10H,3,12H2,1-2H3,(H,23,24);2-8H,10H2,1H3;2-8H,10H2,1H3,(H,21,22);2-9H,11H2,1H3. The minimum absolute atomic E-state index is 0.0141. The predicted molar refractivity (Wildman–Crippen MR) is 375 cm³/mol. The lowest BCUT2D eigenvalue weighted by atomic mass is 10.1. The number of pyridine rings is 4. The summed E-state index contributed by atoms with van der Waals surface area (Å²) in [6, 6.07) is 59.7. The number of rotatable bonds is 14. The van der Waals surface area contributed by atoms with Crippen LogP contribution in [0.25, 0.3) is 43.1 Å². The van der Waals surface area contributed by atoms with Gasteiger partial charge in [-0.1, -0.05) is 109 Å². The molecule has 20 heteroatoms. The van der Waals surface area contributed by atoms with Gasteiger partial charge < -0.3 is 14.7 Å². The number of halogens is 4. The number of fused-ring (bicyclic) bond motifs is 4. The molecule has 12 aromatic rings. The van der Waals surface area contributed by atoms with Crippen LogP contribution in [0.5, 0.6) is 0 Å². The Kier molecular flexibility index (Phi) is 23.8. The first kappa shape index (κ1) is 69.3. The van der Waals surface area contributed by atoms with Crippen LogP contribution >= 0.6 is 58.6 Å². The second kappa shape index (κ2) is 32.7. The van der Waals surface area contributed by atoms with E-state index >= 15 is 0 Å². The number of carbonyl (C=O) groups is 1. The van der Waals surface area contributed by atoms with E-state index in [9.17, 15) is 43.3 Å². The molecular weight excluding hydrogens is 1300 g/mol. The van der Waals surface area contributed by atoms with Crippen LogP contribution in [0.2, 0.25) is 5.02 Å². The summed E-state index contributed by atoms with van der Waals surface area (Å²) < 4.78 is 45.9. The second-order valence-electron chi connectivity index (χ2n) is 21.2. The van der Waals surface area contributed by atoms with Gasteiger partial charge in [0.05, 0.1) is 44.7 Å². The monoisotopic (exact) mass is 1350 g/mol. The van der Waals surface area contributed by atoms with Crippen molar-refractivity contribution in [1.29, 1.82) is 21.0 Å². The third kappa shape index (κ3) is 17.2. The van der Waals surface area contributed by atoms with Crippen molar-refractivity contribution < 1.29 is 22.7 Å². The molecule has 0 atom stereocenters. The smallest absolute Gasteiger partial charge is 0.338 e. The van der Waals surface area contributed by atoms with Crippen molar-refractivity contribution in [3.8, 4) is 24.3 Å². The molecule has 0 saturated carbocycles. The number of aromatic nitrogens is 4. The van der Waals surface area contributed by atoms with Gasteiger partial charge in [0, 0.05) is 71.1 Å². The van der Waals surface area contributed by atoms with Crippen molar-refractivity contribution in [3.05, 3.63) is 292 Å². The molecule has 472 valence electrons. The maximum Gasteiger partial charge on any atom is 0.338 e. The molecule has 0 unspecified atom stereocenters. The van der Waals surface area contributed by atoms with E-state index in [-0.39, 0.29) is 29.4 Å². The van der Waals surface area contributed by atoms with Crippen molar-refractivity contribution in [3.63, 3.8) is 0 Å². The third-order valence-corrected chi connectivity index (χ3v) is 19.4. The highest BCUT2D eigenvalue weighted by Gasteiger charge is 2.19. The van der Waals surface area contributed by atoms with E-state index in [1.807, 2.05) is 136 Å². The number of carbonyl (C=O) groups excluding carboxylic acids is 1. The van der Waals surface area contributed by atoms with Crippen LogP contribution in [-0.2, 0) is 27.7 Å². The summed E-state index contributed by atoms with van der Waals surface area (Å²) in [5, 5.41) is 45.6. The van der Waals surface area contributed by atoms with Crippen LogP contribution in [0, 0.1) is 90.5 Å². The number of thioether (sulfide) groups is 4. The van der Waals surface area contributed by atoms with Crippen molar-refractivity contribution >= 4 is 108 Å². The van der Waals surface area contributed by atoms with E-state index in [2.05, 4.69) is 32.1 Å². The number of esters is 1. The zero-order valence-corrected chi connectivity index (χ0v) is 55.8. The van der Waals surface area contributed by atoms with Crippen LogP contribution < -0.4 is 11.1 Å². The Labute approximate surface area is 567 Å². The second-order valence-corrected chi connectivity index (χ2v) is 25.5. The summed E-state index contributed by atoms with van der Waals surface area (Å²) in [4.78, 5) is 50.9. The average molecular weight is 1350 g/mol. The average Bonchev–Trinajstić information content (AvgIpc) is 0.838. The topological polar surface area (TPSA) is 213 Å². The molecule has 0 aliphatic carbocycles. The minimum Gasteiger partial charge on any atom is -0.462 e. The molecule has 0 fully saturated rings. The lowest BCUT2D eigenvalue weighted by molar-refractivity contribution is 0.0526. The van der Waals surface area contributed by atoms with Gasteiger partial charge in [-0.25, -0.2) is 27.9 Å². The summed E-state index contributed by atoms with van der Waals surface area (Å²) in [6.07, 6.45) is 0. The number of hydrogen-bond acceptors (Lipinski definition) is 14. The Balaban J connectivity index is 0.000000149. The highest BCUT2D eigenvalue weighted by molar-refractivity contribution is 7.99. The lowest BCUT2D eigenvalue weighted by Gasteiger charge is -2.10. The number of ether oxygens (including phenoxy) is 1. The Morgan fingerprint density at radius 3 is 1.28 bits per heavy atom. The molecule has 95 heavy (non-hydrogen) atoms. The van der Waals surface area contributed by atoms with E-state index in [0.29, 0.717) is 92.7 Å². The molecule has 2 N–H and O–H groups in total. The number of aromatic amines is 2. The maximum absolute atomic E-state index is 13.6. The van der Waals surface area contributed by atoms with Gasteiger partial charge in [-0.3, -0.25) is 9.59 Å². The Bertz CT molecular complexity index is 5180. The fourth-order valence-electron chi connectivity index (χ4n) is 9.93. The molecule has 4 heterocycles. The Morgan fingerprint density at radius 2 is 0.853 bits per heavy atom. The van der Waals surface area contributed by atoms with E-state index < -0.39 is 22.9 Å². The summed E-state index contributed by atoms with van der Waals surface area (Å²) in [6.45, 7) is 9.69. The molecule has 0 aliphatic heterocycles. The summed E-state index contributed by atoms with van der Waals surface area (Å²) in [5.74, 6) is 1.29. The number of nitriles is 4. The van der Waals surface area contributed by atoms with Gasteiger partial charge in [0.25, 0.3) is 11.1 Å². The van der Waals surface area contributed by atoms with E-state index in [4.69, 9.17) is 21.6 Å². The first-order valence-electron chi connectivity index (χ1n) is 29.3. The zero-order valence-electron chi connectivity index (χ0n) is 51.7. The lowest BCUT2D eigenvalue weighted by Crippen LogP contribution is -2.12. The third-order valence-electron chi connectivity index (χ3n) is 14.9. The SMILES string of the molecule is CCOC(=O)c1ccc2c(C#N)c(=O)[nH]c(SCc3ccccc3C)c2c1.Cc1ccccc1CSc1[nH]c(=O)c(C#N)c2ccc(F)cc12.Cc1nc(SCc2ccc(Cl)cc2)c2cc(F)ccc2c1C#N.Cc1nc(SCc2ccccc2)c2cc(F)ccc2c1C#N. The van der Waals surface area contributed by atoms with E-state index in [0.717, 1.165) is 54.4 Å². The van der Waals surface area contributed by atoms with E-state index in [1.54, 1.807) is 55.9 Å². The molecule has 0 saturated heterocycles. The molecule has 0 bridgehead atoms. The van der Waals surface area contributed by atoms with Gasteiger partial charge in [-0.05, 0) is 147 Å². The minimum atomic E-state index is -0.445. The molecule has 12 rings (SSSR count). The van der Waals surface area contributed by atoms with Crippen LogP contribution in [-0.4, -0.2) is 32.5 Å². The molecule has 0 aliphatic rings. The largest absolute Gasteiger partial charge is 0.462 e. The van der Waals surface area contributed by atoms with Gasteiger partial charge in [-0.15, -0.1) is 47.0 Å². The van der Waals surface area contributed by atoms with Crippen LogP contribution in [0.4, 0.5) is 13.2 Å². The first-order chi connectivity index (χ1) is 45.9. The molecule has 0 radical (unpaired) electrons. The first-order valence-corrected chi connectivity index (χ1v) is 33.7. The van der Waals surface area contributed by atoms with Crippen LogP contribution in [0.15, 0.2) is 206 Å². The van der Waals surface area contributed by atoms with Crippen LogP contribution in [0.3, 0.4) is 0 Å². The normalized spacial score (nSPS) is 10.6. The van der Waals surface area contributed by atoms with Gasteiger partial charge in [-0.2, -0.15) is 21.0 Å². The number of benzene rings is 8. The van der Waals surface area contributed by atoms with Crippen molar-refractivity contribution in [2.75, 3.05) is 6.61 Å². The van der Waals surface area contributed by atoms with Gasteiger partial charge in [0.2, 0.25) is 0 Å². The van der Waals surface area contributed by atoms with Crippen molar-refractivity contribution in [2.24, 2.45) is 0 Å². The van der Waals surface area contributed by atoms with Crippen LogP contribution in [0.1, 0.15) is 84.3 Å². The van der Waals surface area contributed by atoms with Crippen molar-refractivity contribution in [1.82, 2.24) is 19.9 Å². The predicted octanol–water partition coefficient (Wildman–Crippen LogP) is 18.7. The number of H-pyrrole nitrogens is 2. The summed E-state index contributed by atoms with van der Waals surface area (Å²) in [7, 11) is 0. The Hall–Kier alpha value is -10.1. The Morgan fingerprint density at radius 1 is 0.463 bits per heavy atom. The molecule has 12 nitrogen and oxygen atoms in total. The molecule has 0 spiro atoms. The molecular formula is C75H56ClF3N8O4S4. The molecule has 8 aromatic carbocycles. The number of nitrogens with one attached hydrogen (secondary N) is 2. The quantitative estimate of drug-likeness (QED) is 0.0766. The van der Waals surface area contributed by atoms with Crippen molar-refractivity contribution in [2.45, 2.75) is 77.7 Å². The molecule has 0 amide bonds.